The van der Waals surface area contributed by atoms with Crippen molar-refractivity contribution in [3.63, 3.8) is 0 Å². The summed E-state index contributed by atoms with van der Waals surface area (Å²) in [6.07, 6.45) is 0.210. The molecule has 0 fully saturated rings. The molecule has 92 valence electrons. The molecule has 0 amide bonds. The van der Waals surface area contributed by atoms with Crippen molar-refractivity contribution < 1.29 is 21.9 Å². The quantitative estimate of drug-likeness (QED) is 0.474. The van der Waals surface area contributed by atoms with Gasteiger partial charge in [-0.15, -0.1) is 0 Å². The standard InChI is InChI=1S/C8H15ClF2O3S/c9-15(12,13)6-4-2-1-3-5-14-7-8(10)11/h8H,1-7H2. The highest BCUT2D eigenvalue weighted by molar-refractivity contribution is 8.13. The van der Waals surface area contributed by atoms with Gasteiger partial charge in [0.2, 0.25) is 9.05 Å². The predicted molar refractivity (Wildman–Crippen MR) is 54.9 cm³/mol. The summed E-state index contributed by atoms with van der Waals surface area (Å²) < 4.78 is 48.8. The highest BCUT2D eigenvalue weighted by Crippen LogP contribution is 2.05. The van der Waals surface area contributed by atoms with E-state index in [1.54, 1.807) is 0 Å². The van der Waals surface area contributed by atoms with Crippen LogP contribution in [0.5, 0.6) is 0 Å². The fourth-order valence-corrected chi connectivity index (χ4v) is 1.88. The monoisotopic (exact) mass is 264 g/mol. The maximum absolute atomic E-state index is 11.6. The number of rotatable bonds is 9. The van der Waals surface area contributed by atoms with Crippen molar-refractivity contribution >= 4 is 19.7 Å². The van der Waals surface area contributed by atoms with Crippen LogP contribution < -0.4 is 0 Å². The van der Waals surface area contributed by atoms with E-state index in [9.17, 15) is 17.2 Å². The van der Waals surface area contributed by atoms with E-state index in [1.165, 1.54) is 0 Å². The zero-order valence-corrected chi connectivity index (χ0v) is 9.87. The Labute approximate surface area is 93.2 Å². The summed E-state index contributed by atoms with van der Waals surface area (Å²) in [5, 5.41) is 0. The molecule has 0 aromatic carbocycles. The zero-order chi connectivity index (χ0) is 11.7. The van der Waals surface area contributed by atoms with Crippen LogP contribution in [0.15, 0.2) is 0 Å². The van der Waals surface area contributed by atoms with Crippen molar-refractivity contribution in [1.82, 2.24) is 0 Å². The largest absolute Gasteiger partial charge is 0.376 e. The summed E-state index contributed by atoms with van der Waals surface area (Å²) in [5.41, 5.74) is 0. The van der Waals surface area contributed by atoms with Crippen molar-refractivity contribution in [3.05, 3.63) is 0 Å². The Morgan fingerprint density at radius 2 is 1.73 bits per heavy atom. The Hall–Kier alpha value is 0.0600. The third-order valence-electron chi connectivity index (χ3n) is 1.67. The second-order valence-electron chi connectivity index (χ2n) is 3.12. The van der Waals surface area contributed by atoms with E-state index in [-0.39, 0.29) is 12.4 Å². The van der Waals surface area contributed by atoms with Crippen molar-refractivity contribution in [3.8, 4) is 0 Å². The second-order valence-corrected chi connectivity index (χ2v) is 6.02. The predicted octanol–water partition coefficient (Wildman–Crippen LogP) is 2.40. The van der Waals surface area contributed by atoms with E-state index in [2.05, 4.69) is 4.74 Å². The number of hydrogen-bond donors (Lipinski definition) is 0. The molecular formula is C8H15ClF2O3S. The van der Waals surface area contributed by atoms with Gasteiger partial charge in [0.1, 0.15) is 6.61 Å². The molecule has 0 radical (unpaired) electrons. The smallest absolute Gasteiger partial charge is 0.261 e. The molecule has 7 heteroatoms. The minimum Gasteiger partial charge on any atom is -0.376 e. The van der Waals surface area contributed by atoms with Gasteiger partial charge in [0, 0.05) is 17.3 Å². The van der Waals surface area contributed by atoms with Gasteiger partial charge in [-0.2, -0.15) is 0 Å². The van der Waals surface area contributed by atoms with Crippen LogP contribution in [-0.2, 0) is 13.8 Å². The zero-order valence-electron chi connectivity index (χ0n) is 8.29. The van der Waals surface area contributed by atoms with Gasteiger partial charge in [-0.25, -0.2) is 17.2 Å². The highest BCUT2D eigenvalue weighted by atomic mass is 35.7. The minimum absolute atomic E-state index is 0.0353. The molecular weight excluding hydrogens is 250 g/mol. The average molecular weight is 265 g/mol. The van der Waals surface area contributed by atoms with Crippen LogP contribution in [0.4, 0.5) is 8.78 Å². The van der Waals surface area contributed by atoms with E-state index in [4.69, 9.17) is 10.7 Å². The van der Waals surface area contributed by atoms with Crippen LogP contribution in [0.1, 0.15) is 25.7 Å². The average Bonchev–Trinajstić information content (AvgIpc) is 2.07. The molecule has 0 unspecified atom stereocenters. The van der Waals surface area contributed by atoms with Crippen LogP contribution in [-0.4, -0.2) is 33.8 Å². The van der Waals surface area contributed by atoms with Crippen molar-refractivity contribution in [1.29, 1.82) is 0 Å². The third kappa shape index (κ3) is 14.1. The number of hydrogen-bond acceptors (Lipinski definition) is 3. The maximum atomic E-state index is 11.6. The first-order valence-corrected chi connectivity index (χ1v) is 7.18. The van der Waals surface area contributed by atoms with Crippen LogP contribution in [0.3, 0.4) is 0 Å². The third-order valence-corrected chi connectivity index (χ3v) is 2.91. The molecule has 3 nitrogen and oxygen atoms in total. The normalized spacial score (nSPS) is 12.3. The molecule has 0 aliphatic carbocycles. The fraction of sp³-hybridized carbons (Fsp3) is 1.00. The second kappa shape index (κ2) is 8.24. The molecule has 0 aromatic heterocycles. The minimum atomic E-state index is -3.39. The molecule has 0 spiro atoms. The first-order valence-electron chi connectivity index (χ1n) is 4.70. The molecule has 0 heterocycles. The molecule has 0 bridgehead atoms. The number of halogens is 3. The Morgan fingerprint density at radius 3 is 2.27 bits per heavy atom. The number of ether oxygens (including phenoxy) is 1. The summed E-state index contributed by atoms with van der Waals surface area (Å²) >= 11 is 0. The lowest BCUT2D eigenvalue weighted by Gasteiger charge is -2.02. The highest BCUT2D eigenvalue weighted by Gasteiger charge is 2.04. The molecule has 15 heavy (non-hydrogen) atoms. The Balaban J connectivity index is 3.12. The SMILES string of the molecule is O=S(=O)(Cl)CCCCCCOCC(F)F. The van der Waals surface area contributed by atoms with Crippen molar-refractivity contribution in [2.75, 3.05) is 19.0 Å². The molecule has 0 aliphatic rings. The van der Waals surface area contributed by atoms with Gasteiger partial charge in [0.15, 0.2) is 0 Å². The van der Waals surface area contributed by atoms with Crippen LogP contribution in [0, 0.1) is 0 Å². The van der Waals surface area contributed by atoms with E-state index >= 15 is 0 Å². The van der Waals surface area contributed by atoms with Gasteiger partial charge < -0.3 is 4.74 Å². The lowest BCUT2D eigenvalue weighted by atomic mass is 10.2. The van der Waals surface area contributed by atoms with Gasteiger partial charge in [0.05, 0.1) is 5.75 Å². The molecule has 0 aromatic rings. The lowest BCUT2D eigenvalue weighted by Crippen LogP contribution is -2.05. The topological polar surface area (TPSA) is 43.4 Å². The molecule has 0 aliphatic heterocycles. The molecule has 0 rings (SSSR count). The summed E-state index contributed by atoms with van der Waals surface area (Å²) in [6, 6.07) is 0. The summed E-state index contributed by atoms with van der Waals surface area (Å²) in [6.45, 7) is -0.242. The molecule has 0 N–H and O–H groups in total. The van der Waals surface area contributed by atoms with Crippen LogP contribution >= 0.6 is 10.7 Å². The molecule has 0 saturated carbocycles. The van der Waals surface area contributed by atoms with Crippen molar-refractivity contribution in [2.45, 2.75) is 32.1 Å². The molecule has 0 atom stereocenters. The van der Waals surface area contributed by atoms with Gasteiger partial charge in [-0.1, -0.05) is 12.8 Å². The first kappa shape index (κ1) is 15.1. The van der Waals surface area contributed by atoms with Gasteiger partial charge >= 0.3 is 0 Å². The van der Waals surface area contributed by atoms with Crippen LogP contribution in [0.25, 0.3) is 0 Å². The van der Waals surface area contributed by atoms with E-state index < -0.39 is 22.1 Å². The van der Waals surface area contributed by atoms with Gasteiger partial charge in [-0.3, -0.25) is 0 Å². The van der Waals surface area contributed by atoms with E-state index in [1.807, 2.05) is 0 Å². The maximum Gasteiger partial charge on any atom is 0.261 e. The van der Waals surface area contributed by atoms with E-state index in [0.717, 1.165) is 6.42 Å². The Kier molecular flexibility index (Phi) is 8.27. The fourth-order valence-electron chi connectivity index (χ4n) is 1.00. The van der Waals surface area contributed by atoms with E-state index in [0.29, 0.717) is 19.3 Å². The van der Waals surface area contributed by atoms with Crippen LogP contribution in [0.2, 0.25) is 0 Å². The number of unbranched alkanes of at least 4 members (excludes halogenated alkanes) is 3. The lowest BCUT2D eigenvalue weighted by molar-refractivity contribution is 0.0162. The summed E-state index contributed by atoms with van der Waals surface area (Å²) in [5.74, 6) is -0.0353. The first-order chi connectivity index (χ1) is 6.92. The number of alkyl halides is 2. The van der Waals surface area contributed by atoms with Gasteiger partial charge in [0.25, 0.3) is 6.43 Å². The van der Waals surface area contributed by atoms with Crippen molar-refractivity contribution in [2.24, 2.45) is 0 Å². The van der Waals surface area contributed by atoms with Gasteiger partial charge in [-0.05, 0) is 12.8 Å². The Morgan fingerprint density at radius 1 is 1.13 bits per heavy atom. The summed E-state index contributed by atoms with van der Waals surface area (Å²) in [7, 11) is 1.60. The Bertz CT molecular complexity index is 244. The molecule has 0 saturated heterocycles. The summed E-state index contributed by atoms with van der Waals surface area (Å²) in [4.78, 5) is 0.